The van der Waals surface area contributed by atoms with E-state index in [0.717, 1.165) is 27.3 Å². The van der Waals surface area contributed by atoms with Crippen LogP contribution in [0.3, 0.4) is 0 Å². The molecular formula is C13H18INO2S. The van der Waals surface area contributed by atoms with E-state index in [1.807, 2.05) is 6.20 Å². The second-order valence-corrected chi connectivity index (χ2v) is 8.40. The maximum absolute atomic E-state index is 10.5. The molecule has 3 nitrogen and oxygen atoms in total. The van der Waals surface area contributed by atoms with Crippen LogP contribution in [0.1, 0.15) is 49.6 Å². The third kappa shape index (κ3) is 2.59. The lowest BCUT2D eigenvalue weighted by atomic mass is 9.82. The first kappa shape index (κ1) is 13.3. The largest absolute Gasteiger partial charge is 0.386 e. The van der Waals surface area contributed by atoms with Crippen LogP contribution in [0.25, 0.3) is 0 Å². The summed E-state index contributed by atoms with van der Waals surface area (Å²) in [5.41, 5.74) is 0.0777. The Bertz CT molecular complexity index is 417. The summed E-state index contributed by atoms with van der Waals surface area (Å²) in [6, 6.07) is 0. The molecule has 1 saturated carbocycles. The molecule has 2 unspecified atom stereocenters. The lowest BCUT2D eigenvalue weighted by Gasteiger charge is -2.39. The highest BCUT2D eigenvalue weighted by molar-refractivity contribution is 14.1. The minimum atomic E-state index is -0.403. The van der Waals surface area contributed by atoms with Crippen molar-refractivity contribution in [2.75, 3.05) is 6.61 Å². The number of aromatic nitrogens is 1. The van der Waals surface area contributed by atoms with Crippen molar-refractivity contribution < 1.29 is 9.84 Å². The van der Waals surface area contributed by atoms with Crippen molar-refractivity contribution in [1.82, 2.24) is 4.98 Å². The van der Waals surface area contributed by atoms with E-state index >= 15 is 0 Å². The van der Waals surface area contributed by atoms with E-state index in [1.165, 1.54) is 25.7 Å². The van der Waals surface area contributed by atoms with E-state index in [9.17, 15) is 5.11 Å². The number of hydrogen-bond acceptors (Lipinski definition) is 4. The predicted octanol–water partition coefficient (Wildman–Crippen LogP) is 3.52. The van der Waals surface area contributed by atoms with Crippen LogP contribution in [-0.4, -0.2) is 22.3 Å². The molecular weight excluding hydrogens is 361 g/mol. The van der Waals surface area contributed by atoms with Crippen molar-refractivity contribution >= 4 is 33.9 Å². The van der Waals surface area contributed by atoms with Crippen LogP contribution in [-0.2, 0) is 4.74 Å². The molecule has 1 spiro atoms. The van der Waals surface area contributed by atoms with Gasteiger partial charge in [0.25, 0.3) is 0 Å². The molecule has 2 fully saturated rings. The van der Waals surface area contributed by atoms with Crippen molar-refractivity contribution in [3.8, 4) is 0 Å². The van der Waals surface area contributed by atoms with E-state index < -0.39 is 6.10 Å². The molecule has 2 atom stereocenters. The van der Waals surface area contributed by atoms with Gasteiger partial charge in [-0.3, -0.25) is 0 Å². The first-order valence-electron chi connectivity index (χ1n) is 6.62. The Morgan fingerprint density at radius 3 is 2.94 bits per heavy atom. The average molecular weight is 379 g/mol. The van der Waals surface area contributed by atoms with Gasteiger partial charge in [0.1, 0.15) is 11.1 Å². The summed E-state index contributed by atoms with van der Waals surface area (Å²) in [4.78, 5) is 4.33. The van der Waals surface area contributed by atoms with Gasteiger partial charge >= 0.3 is 0 Å². The van der Waals surface area contributed by atoms with Gasteiger partial charge in [0.2, 0.25) is 0 Å². The monoisotopic (exact) mass is 379 g/mol. The molecule has 5 heteroatoms. The number of hydrogen-bond donors (Lipinski definition) is 1. The zero-order valence-corrected chi connectivity index (χ0v) is 13.2. The standard InChI is InChI=1S/C13H18INO2S/c14-10-8-15-12(18-10)11(16)9-3-6-17-13(7-9)4-1-2-5-13/h8-9,11,16H,1-7H2. The number of ether oxygens (including phenoxy) is 1. The van der Waals surface area contributed by atoms with Gasteiger partial charge in [0.05, 0.1) is 14.7 Å². The van der Waals surface area contributed by atoms with Crippen LogP contribution in [0.2, 0.25) is 0 Å². The minimum absolute atomic E-state index is 0.0777. The Morgan fingerprint density at radius 2 is 2.28 bits per heavy atom. The smallest absolute Gasteiger partial charge is 0.122 e. The highest BCUT2D eigenvalue weighted by Crippen LogP contribution is 2.45. The first-order chi connectivity index (χ1) is 8.69. The highest BCUT2D eigenvalue weighted by Gasteiger charge is 2.42. The molecule has 1 N–H and O–H groups in total. The Kier molecular flexibility index (Phi) is 3.94. The number of thiazole rings is 1. The lowest BCUT2D eigenvalue weighted by Crippen LogP contribution is -2.39. The number of aliphatic hydroxyl groups is 1. The van der Waals surface area contributed by atoms with E-state index in [1.54, 1.807) is 11.3 Å². The SMILES string of the molecule is OC(c1ncc(I)s1)C1CCOC2(CCCC2)C1. The molecule has 100 valence electrons. The number of nitrogens with zero attached hydrogens (tertiary/aromatic N) is 1. The summed E-state index contributed by atoms with van der Waals surface area (Å²) in [7, 11) is 0. The summed E-state index contributed by atoms with van der Waals surface area (Å²) in [6.45, 7) is 0.796. The Hall–Kier alpha value is 0.280. The van der Waals surface area contributed by atoms with Crippen LogP contribution in [0.15, 0.2) is 6.20 Å². The second kappa shape index (κ2) is 5.34. The van der Waals surface area contributed by atoms with Gasteiger partial charge in [0, 0.05) is 6.61 Å². The number of rotatable bonds is 2. The molecule has 0 radical (unpaired) electrons. The third-order valence-corrected chi connectivity index (χ3v) is 6.04. The van der Waals surface area contributed by atoms with Crippen molar-refractivity contribution in [2.24, 2.45) is 5.92 Å². The fourth-order valence-corrected chi connectivity index (χ4v) is 4.85. The quantitative estimate of drug-likeness (QED) is 0.800. The molecule has 0 aromatic carbocycles. The summed E-state index contributed by atoms with van der Waals surface area (Å²) in [5, 5.41) is 11.4. The van der Waals surface area contributed by atoms with Crippen LogP contribution in [0.5, 0.6) is 0 Å². The molecule has 1 aliphatic heterocycles. The van der Waals surface area contributed by atoms with E-state index in [2.05, 4.69) is 27.6 Å². The van der Waals surface area contributed by atoms with Gasteiger partial charge in [-0.25, -0.2) is 4.98 Å². The minimum Gasteiger partial charge on any atom is -0.386 e. The summed E-state index contributed by atoms with van der Waals surface area (Å²) in [5.74, 6) is 0.318. The number of halogens is 1. The normalized spacial score (nSPS) is 28.7. The van der Waals surface area contributed by atoms with Gasteiger partial charge < -0.3 is 9.84 Å². The fourth-order valence-electron chi connectivity index (χ4n) is 3.31. The van der Waals surface area contributed by atoms with Crippen LogP contribution < -0.4 is 0 Å². The van der Waals surface area contributed by atoms with Gasteiger partial charge in [-0.05, 0) is 54.2 Å². The first-order valence-corrected chi connectivity index (χ1v) is 8.51. The summed E-state index contributed by atoms with van der Waals surface area (Å²) in [6.07, 6.45) is 8.30. The van der Waals surface area contributed by atoms with E-state index in [-0.39, 0.29) is 5.60 Å². The second-order valence-electron chi connectivity index (χ2n) is 5.44. The van der Waals surface area contributed by atoms with Crippen LogP contribution >= 0.6 is 33.9 Å². The van der Waals surface area contributed by atoms with Gasteiger partial charge in [-0.15, -0.1) is 11.3 Å². The molecule has 3 rings (SSSR count). The van der Waals surface area contributed by atoms with Crippen molar-refractivity contribution in [2.45, 2.75) is 50.2 Å². The summed E-state index contributed by atoms with van der Waals surface area (Å²) >= 11 is 3.86. The number of aliphatic hydroxyl groups excluding tert-OH is 1. The van der Waals surface area contributed by atoms with Gasteiger partial charge in [-0.2, -0.15) is 0 Å². The Balaban J connectivity index is 1.72. The lowest BCUT2D eigenvalue weighted by molar-refractivity contribution is -0.113. The predicted molar refractivity (Wildman–Crippen MR) is 79.7 cm³/mol. The maximum Gasteiger partial charge on any atom is 0.122 e. The van der Waals surface area contributed by atoms with E-state index in [0.29, 0.717) is 5.92 Å². The topological polar surface area (TPSA) is 42.4 Å². The molecule has 1 saturated heterocycles. The van der Waals surface area contributed by atoms with Crippen LogP contribution in [0.4, 0.5) is 0 Å². The molecule has 18 heavy (non-hydrogen) atoms. The Morgan fingerprint density at radius 1 is 1.50 bits per heavy atom. The molecule has 1 aromatic rings. The van der Waals surface area contributed by atoms with Gasteiger partial charge in [-0.1, -0.05) is 12.8 Å². The molecule has 0 bridgehead atoms. The van der Waals surface area contributed by atoms with Crippen molar-refractivity contribution in [3.63, 3.8) is 0 Å². The zero-order chi connectivity index (χ0) is 12.6. The molecule has 1 aliphatic carbocycles. The van der Waals surface area contributed by atoms with Gasteiger partial charge in [0.15, 0.2) is 0 Å². The van der Waals surface area contributed by atoms with E-state index in [4.69, 9.17) is 4.74 Å². The average Bonchev–Trinajstić information content (AvgIpc) is 2.98. The molecule has 2 aliphatic rings. The Labute approximate surface area is 125 Å². The fraction of sp³-hybridized carbons (Fsp3) is 0.769. The van der Waals surface area contributed by atoms with Crippen molar-refractivity contribution in [3.05, 3.63) is 14.1 Å². The summed E-state index contributed by atoms with van der Waals surface area (Å²) < 4.78 is 7.16. The molecule has 2 heterocycles. The third-order valence-electron chi connectivity index (χ3n) is 4.24. The molecule has 0 amide bonds. The zero-order valence-electron chi connectivity index (χ0n) is 10.3. The van der Waals surface area contributed by atoms with Crippen molar-refractivity contribution in [1.29, 1.82) is 0 Å². The molecule has 1 aromatic heterocycles. The highest BCUT2D eigenvalue weighted by atomic mass is 127. The maximum atomic E-state index is 10.5. The van der Waals surface area contributed by atoms with Crippen LogP contribution in [0, 0.1) is 8.80 Å².